The molecule has 0 N–H and O–H groups in total. The van der Waals surface area contributed by atoms with E-state index in [9.17, 15) is 4.79 Å². The lowest BCUT2D eigenvalue weighted by molar-refractivity contribution is -0.159. The highest BCUT2D eigenvalue weighted by Crippen LogP contribution is 2.16. The molecule has 13 heavy (non-hydrogen) atoms. The Morgan fingerprint density at radius 1 is 1.23 bits per heavy atom. The SMILES string of the molecule is CC(C)CC(C)C(=O)OC(C)(C)C. The van der Waals surface area contributed by atoms with Crippen LogP contribution in [0.25, 0.3) is 0 Å². The minimum Gasteiger partial charge on any atom is -0.460 e. The van der Waals surface area contributed by atoms with Crippen molar-refractivity contribution in [2.75, 3.05) is 0 Å². The third-order valence-corrected chi connectivity index (χ3v) is 1.63. The average molecular weight is 186 g/mol. The van der Waals surface area contributed by atoms with E-state index < -0.39 is 0 Å². The van der Waals surface area contributed by atoms with Crippen molar-refractivity contribution in [3.8, 4) is 0 Å². The molecular weight excluding hydrogens is 164 g/mol. The minimum absolute atomic E-state index is 0.0132. The van der Waals surface area contributed by atoms with Crippen LogP contribution in [0.15, 0.2) is 0 Å². The van der Waals surface area contributed by atoms with E-state index in [1.807, 2.05) is 27.7 Å². The molecule has 0 saturated heterocycles. The molecule has 0 bridgehead atoms. The van der Waals surface area contributed by atoms with Crippen LogP contribution in [-0.2, 0) is 9.53 Å². The number of carbonyl (C=O) groups is 1. The molecule has 0 aliphatic rings. The van der Waals surface area contributed by atoms with E-state index in [4.69, 9.17) is 4.74 Å². The summed E-state index contributed by atoms with van der Waals surface area (Å²) in [5.41, 5.74) is -0.359. The number of carbonyl (C=O) groups excluding carboxylic acids is 1. The summed E-state index contributed by atoms with van der Waals surface area (Å²) in [7, 11) is 0. The van der Waals surface area contributed by atoms with E-state index in [1.165, 1.54) is 0 Å². The summed E-state index contributed by atoms with van der Waals surface area (Å²) in [6, 6.07) is 0. The second kappa shape index (κ2) is 4.64. The van der Waals surface area contributed by atoms with E-state index in [2.05, 4.69) is 13.8 Å². The van der Waals surface area contributed by atoms with Crippen LogP contribution in [0, 0.1) is 11.8 Å². The van der Waals surface area contributed by atoms with Gasteiger partial charge < -0.3 is 4.74 Å². The van der Waals surface area contributed by atoms with Crippen molar-refractivity contribution in [3.63, 3.8) is 0 Å². The van der Waals surface area contributed by atoms with Gasteiger partial charge in [0.05, 0.1) is 5.92 Å². The van der Waals surface area contributed by atoms with Gasteiger partial charge in [0.25, 0.3) is 0 Å². The zero-order valence-electron chi connectivity index (χ0n) is 9.68. The van der Waals surface area contributed by atoms with Crippen LogP contribution in [0.5, 0.6) is 0 Å². The molecule has 0 saturated carbocycles. The second-order valence-electron chi connectivity index (χ2n) is 5.06. The van der Waals surface area contributed by atoms with Gasteiger partial charge in [-0.25, -0.2) is 0 Å². The van der Waals surface area contributed by atoms with E-state index in [1.54, 1.807) is 0 Å². The van der Waals surface area contributed by atoms with Gasteiger partial charge >= 0.3 is 5.97 Å². The third-order valence-electron chi connectivity index (χ3n) is 1.63. The van der Waals surface area contributed by atoms with Crippen LogP contribution in [0.4, 0.5) is 0 Å². The molecule has 0 amide bonds. The van der Waals surface area contributed by atoms with Gasteiger partial charge in [-0.3, -0.25) is 4.79 Å². The Morgan fingerprint density at radius 3 is 2.00 bits per heavy atom. The molecule has 0 rings (SSSR count). The Balaban J connectivity index is 3.97. The molecule has 1 atom stereocenters. The molecule has 0 spiro atoms. The van der Waals surface area contributed by atoms with Crippen molar-refractivity contribution >= 4 is 5.97 Å². The number of ether oxygens (including phenoxy) is 1. The van der Waals surface area contributed by atoms with Crippen LogP contribution >= 0.6 is 0 Å². The van der Waals surface area contributed by atoms with Gasteiger partial charge in [0.2, 0.25) is 0 Å². The van der Waals surface area contributed by atoms with Gasteiger partial charge in [-0.1, -0.05) is 20.8 Å². The highest BCUT2D eigenvalue weighted by molar-refractivity contribution is 5.72. The maximum atomic E-state index is 11.5. The highest BCUT2D eigenvalue weighted by atomic mass is 16.6. The summed E-state index contributed by atoms with van der Waals surface area (Å²) in [5.74, 6) is 0.475. The molecule has 0 aliphatic carbocycles. The second-order valence-corrected chi connectivity index (χ2v) is 5.06. The lowest BCUT2D eigenvalue weighted by Gasteiger charge is -2.22. The maximum Gasteiger partial charge on any atom is 0.309 e. The molecule has 2 nitrogen and oxygen atoms in total. The van der Waals surface area contributed by atoms with Gasteiger partial charge in [-0.05, 0) is 33.1 Å². The summed E-state index contributed by atoms with van der Waals surface area (Å²) in [4.78, 5) is 11.5. The maximum absolute atomic E-state index is 11.5. The first-order valence-corrected chi connectivity index (χ1v) is 4.95. The van der Waals surface area contributed by atoms with E-state index in [0.717, 1.165) is 6.42 Å². The standard InChI is InChI=1S/C11H22O2/c1-8(2)7-9(3)10(12)13-11(4,5)6/h8-9H,7H2,1-6H3. The first-order chi connectivity index (χ1) is 5.72. The molecule has 0 fully saturated rings. The quantitative estimate of drug-likeness (QED) is 0.633. The van der Waals surface area contributed by atoms with E-state index in [0.29, 0.717) is 5.92 Å². The average Bonchev–Trinajstić information content (AvgIpc) is 1.81. The summed E-state index contributed by atoms with van der Waals surface area (Å²) in [6.07, 6.45) is 0.898. The molecule has 0 aromatic rings. The van der Waals surface area contributed by atoms with Gasteiger partial charge in [0.15, 0.2) is 0 Å². The van der Waals surface area contributed by atoms with Crippen LogP contribution in [0.2, 0.25) is 0 Å². The molecule has 2 heteroatoms. The van der Waals surface area contributed by atoms with Crippen molar-refractivity contribution in [1.82, 2.24) is 0 Å². The van der Waals surface area contributed by atoms with Gasteiger partial charge in [-0.2, -0.15) is 0 Å². The topological polar surface area (TPSA) is 26.3 Å². The van der Waals surface area contributed by atoms with Crippen LogP contribution in [-0.4, -0.2) is 11.6 Å². The Bertz CT molecular complexity index is 165. The largest absolute Gasteiger partial charge is 0.460 e. The van der Waals surface area contributed by atoms with E-state index in [-0.39, 0.29) is 17.5 Å². The predicted molar refractivity (Wildman–Crippen MR) is 54.5 cm³/mol. The lowest BCUT2D eigenvalue weighted by Crippen LogP contribution is -2.28. The minimum atomic E-state index is -0.359. The fourth-order valence-corrected chi connectivity index (χ4v) is 1.21. The molecule has 0 radical (unpaired) electrons. The number of hydrogen-bond donors (Lipinski definition) is 0. The van der Waals surface area contributed by atoms with Crippen LogP contribution < -0.4 is 0 Å². The zero-order chi connectivity index (χ0) is 10.6. The smallest absolute Gasteiger partial charge is 0.309 e. The Labute approximate surface area is 81.7 Å². The summed E-state index contributed by atoms with van der Waals surface area (Å²) in [6.45, 7) is 11.8. The van der Waals surface area contributed by atoms with Crippen molar-refractivity contribution in [2.24, 2.45) is 11.8 Å². The van der Waals surface area contributed by atoms with Crippen LogP contribution in [0.1, 0.15) is 48.0 Å². The highest BCUT2D eigenvalue weighted by Gasteiger charge is 2.21. The molecule has 0 aromatic heterocycles. The van der Waals surface area contributed by atoms with Crippen LogP contribution in [0.3, 0.4) is 0 Å². The van der Waals surface area contributed by atoms with Crippen molar-refractivity contribution in [3.05, 3.63) is 0 Å². The van der Waals surface area contributed by atoms with Crippen molar-refractivity contribution in [1.29, 1.82) is 0 Å². The Kier molecular flexibility index (Phi) is 4.45. The number of esters is 1. The molecule has 0 aliphatic heterocycles. The van der Waals surface area contributed by atoms with Gasteiger partial charge in [0.1, 0.15) is 5.60 Å². The molecule has 0 aromatic carbocycles. The number of rotatable bonds is 3. The fourth-order valence-electron chi connectivity index (χ4n) is 1.21. The monoisotopic (exact) mass is 186 g/mol. The molecule has 0 heterocycles. The molecular formula is C11H22O2. The third kappa shape index (κ3) is 6.62. The summed E-state index contributed by atoms with van der Waals surface area (Å²) >= 11 is 0. The number of hydrogen-bond acceptors (Lipinski definition) is 2. The lowest BCUT2D eigenvalue weighted by atomic mass is 9.99. The molecule has 1 unspecified atom stereocenters. The van der Waals surface area contributed by atoms with Gasteiger partial charge in [0, 0.05) is 0 Å². The molecule has 78 valence electrons. The Hall–Kier alpha value is -0.530. The van der Waals surface area contributed by atoms with Crippen molar-refractivity contribution < 1.29 is 9.53 Å². The fraction of sp³-hybridized carbons (Fsp3) is 0.909. The zero-order valence-corrected chi connectivity index (χ0v) is 9.68. The normalized spacial score (nSPS) is 14.4. The first kappa shape index (κ1) is 12.5. The van der Waals surface area contributed by atoms with E-state index >= 15 is 0 Å². The summed E-state index contributed by atoms with van der Waals surface area (Å²) in [5, 5.41) is 0. The Morgan fingerprint density at radius 2 is 1.69 bits per heavy atom. The predicted octanol–water partition coefficient (Wildman–Crippen LogP) is 3.01. The summed E-state index contributed by atoms with van der Waals surface area (Å²) < 4.78 is 5.26. The van der Waals surface area contributed by atoms with Crippen molar-refractivity contribution in [2.45, 2.75) is 53.6 Å². The van der Waals surface area contributed by atoms with Gasteiger partial charge in [-0.15, -0.1) is 0 Å². The first-order valence-electron chi connectivity index (χ1n) is 4.95.